The molecule has 1 aromatic heterocycles. The summed E-state index contributed by atoms with van der Waals surface area (Å²) in [5, 5.41) is 0. The number of carbonyl (C=O) groups is 1. The number of carbonyl (C=O) groups excluding carboxylic acids is 1. The number of sulfonamides is 1. The normalized spacial score (nSPS) is 11.9. The molecule has 0 aliphatic rings. The molecule has 0 spiro atoms. The molecule has 1 amide bonds. The molecule has 3 aromatic rings. The summed E-state index contributed by atoms with van der Waals surface area (Å²) in [7, 11) is -3.93. The van der Waals surface area contributed by atoms with E-state index in [1.54, 1.807) is 52.0 Å². The van der Waals surface area contributed by atoms with Crippen molar-refractivity contribution >= 4 is 15.9 Å². The van der Waals surface area contributed by atoms with Crippen LogP contribution < -0.4 is 0 Å². The molecule has 0 unspecified atom stereocenters. The van der Waals surface area contributed by atoms with E-state index in [0.29, 0.717) is 16.9 Å². The lowest BCUT2D eigenvalue weighted by molar-refractivity contribution is -0.133. The van der Waals surface area contributed by atoms with E-state index < -0.39 is 16.1 Å². The van der Waals surface area contributed by atoms with Crippen LogP contribution in [0.4, 0.5) is 4.39 Å². The first-order valence-electron chi connectivity index (χ1n) is 11.1. The predicted octanol–water partition coefficient (Wildman–Crippen LogP) is 4.97. The summed E-state index contributed by atoms with van der Waals surface area (Å²) in [4.78, 5) is 15.2. The Balaban J connectivity index is 1.92. The molecule has 0 fully saturated rings. The van der Waals surface area contributed by atoms with Crippen LogP contribution in [0.5, 0.6) is 0 Å². The van der Waals surface area contributed by atoms with Crippen molar-refractivity contribution in [3.8, 4) is 0 Å². The van der Waals surface area contributed by atoms with Crippen molar-refractivity contribution in [1.82, 2.24) is 9.21 Å². The molecule has 0 aliphatic carbocycles. The first kappa shape index (κ1) is 25.6. The van der Waals surface area contributed by atoms with Gasteiger partial charge in [-0.25, -0.2) is 12.8 Å². The minimum absolute atomic E-state index is 0.164. The third-order valence-corrected chi connectivity index (χ3v) is 7.93. The van der Waals surface area contributed by atoms with Gasteiger partial charge in [-0.1, -0.05) is 29.8 Å². The Morgan fingerprint density at radius 2 is 1.62 bits per heavy atom. The lowest BCUT2D eigenvalue weighted by atomic mass is 10.1. The molecule has 182 valence electrons. The van der Waals surface area contributed by atoms with Gasteiger partial charge in [0, 0.05) is 12.6 Å². The Labute approximate surface area is 201 Å². The molecule has 34 heavy (non-hydrogen) atoms. The Hall–Kier alpha value is -2.97. The van der Waals surface area contributed by atoms with Gasteiger partial charge in [0.1, 0.15) is 11.6 Å². The minimum atomic E-state index is -3.93. The van der Waals surface area contributed by atoms with Crippen molar-refractivity contribution in [3.63, 3.8) is 0 Å². The van der Waals surface area contributed by atoms with E-state index in [4.69, 9.17) is 4.42 Å². The smallest absolute Gasteiger partial charge is 0.244 e. The van der Waals surface area contributed by atoms with E-state index in [-0.39, 0.29) is 36.3 Å². The molecule has 0 atom stereocenters. The van der Waals surface area contributed by atoms with Crippen LogP contribution in [0.3, 0.4) is 0 Å². The number of benzene rings is 2. The van der Waals surface area contributed by atoms with E-state index in [1.165, 1.54) is 27.6 Å². The van der Waals surface area contributed by atoms with Crippen molar-refractivity contribution in [2.75, 3.05) is 6.54 Å². The van der Waals surface area contributed by atoms with E-state index in [0.717, 1.165) is 11.1 Å². The molecule has 0 saturated carbocycles. The first-order chi connectivity index (χ1) is 16.0. The van der Waals surface area contributed by atoms with E-state index >= 15 is 0 Å². The predicted molar refractivity (Wildman–Crippen MR) is 129 cm³/mol. The Morgan fingerprint density at radius 3 is 2.15 bits per heavy atom. The highest BCUT2D eigenvalue weighted by atomic mass is 32.2. The van der Waals surface area contributed by atoms with Gasteiger partial charge in [0.25, 0.3) is 0 Å². The third-order valence-electron chi connectivity index (χ3n) is 5.60. The number of amides is 1. The number of nitrogens with zero attached hydrogens (tertiary/aromatic N) is 2. The average molecular weight is 487 g/mol. The fourth-order valence-electron chi connectivity index (χ4n) is 4.10. The zero-order valence-electron chi connectivity index (χ0n) is 20.2. The maximum absolute atomic E-state index is 13.7. The molecule has 3 rings (SSSR count). The summed E-state index contributed by atoms with van der Waals surface area (Å²) in [6.07, 6.45) is 1.52. The average Bonchev–Trinajstić information content (AvgIpc) is 3.24. The van der Waals surface area contributed by atoms with Crippen molar-refractivity contribution in [1.29, 1.82) is 0 Å². The van der Waals surface area contributed by atoms with Crippen LogP contribution in [0.25, 0.3) is 0 Å². The number of hydrogen-bond acceptors (Lipinski definition) is 4. The molecule has 0 N–H and O–H groups in total. The van der Waals surface area contributed by atoms with Crippen molar-refractivity contribution in [2.45, 2.75) is 58.6 Å². The van der Waals surface area contributed by atoms with Gasteiger partial charge in [0.05, 0.1) is 24.2 Å². The van der Waals surface area contributed by atoms with Crippen LogP contribution in [0.15, 0.2) is 64.1 Å². The second-order valence-electron chi connectivity index (χ2n) is 8.83. The zero-order valence-corrected chi connectivity index (χ0v) is 21.0. The van der Waals surface area contributed by atoms with Crippen LogP contribution in [-0.4, -0.2) is 36.1 Å². The van der Waals surface area contributed by atoms with Gasteiger partial charge in [-0.3, -0.25) is 4.79 Å². The molecule has 8 heteroatoms. The van der Waals surface area contributed by atoms with Gasteiger partial charge in [0.15, 0.2) is 0 Å². The molecular weight excluding hydrogens is 455 g/mol. The monoisotopic (exact) mass is 486 g/mol. The van der Waals surface area contributed by atoms with Gasteiger partial charge < -0.3 is 9.32 Å². The number of hydrogen-bond donors (Lipinski definition) is 0. The SMILES string of the molecule is Cc1cc(C)c(S(=O)(=O)N(CC(=O)N(Cc2ccc(F)cc2)Cc2ccco2)C(C)C)c(C)c1. The third kappa shape index (κ3) is 5.93. The molecule has 0 bridgehead atoms. The molecule has 0 aliphatic heterocycles. The summed E-state index contributed by atoms with van der Waals surface area (Å²) in [5.74, 6) is -0.173. The maximum atomic E-state index is 13.7. The van der Waals surface area contributed by atoms with E-state index in [9.17, 15) is 17.6 Å². The first-order valence-corrected chi connectivity index (χ1v) is 12.6. The molecule has 1 heterocycles. The summed E-state index contributed by atoms with van der Waals surface area (Å²) in [6, 6.07) is 12.6. The van der Waals surface area contributed by atoms with Gasteiger partial charge in [-0.05, 0) is 75.6 Å². The fourth-order valence-corrected chi connectivity index (χ4v) is 6.10. The van der Waals surface area contributed by atoms with Gasteiger partial charge in [-0.2, -0.15) is 4.31 Å². The maximum Gasteiger partial charge on any atom is 0.244 e. The van der Waals surface area contributed by atoms with E-state index in [2.05, 4.69) is 0 Å². The summed E-state index contributed by atoms with van der Waals surface area (Å²) >= 11 is 0. The van der Waals surface area contributed by atoms with Crippen LogP contribution in [0.2, 0.25) is 0 Å². The Bertz CT molecular complexity index is 1210. The molecule has 0 radical (unpaired) electrons. The fraction of sp³-hybridized carbons (Fsp3) is 0.346. The van der Waals surface area contributed by atoms with Crippen LogP contribution in [0.1, 0.15) is 41.9 Å². The van der Waals surface area contributed by atoms with Gasteiger partial charge in [-0.15, -0.1) is 0 Å². The second kappa shape index (κ2) is 10.5. The van der Waals surface area contributed by atoms with Gasteiger partial charge >= 0.3 is 0 Å². The Morgan fingerprint density at radius 1 is 1.00 bits per heavy atom. The Kier molecular flexibility index (Phi) is 7.94. The highest BCUT2D eigenvalue weighted by Gasteiger charge is 2.33. The van der Waals surface area contributed by atoms with Crippen molar-refractivity contribution in [2.24, 2.45) is 0 Å². The number of aryl methyl sites for hydroxylation is 3. The summed E-state index contributed by atoms with van der Waals surface area (Å²) < 4.78 is 47.4. The molecule has 2 aromatic carbocycles. The highest BCUT2D eigenvalue weighted by Crippen LogP contribution is 2.27. The number of furan rings is 1. The standard InChI is InChI=1S/C26H31FN2O4S/c1-18(2)29(34(31,32)26-20(4)13-19(3)14-21(26)5)17-25(30)28(16-24-7-6-12-33-24)15-22-8-10-23(27)11-9-22/h6-14,18H,15-17H2,1-5H3. The largest absolute Gasteiger partial charge is 0.467 e. The van der Waals surface area contributed by atoms with Gasteiger partial charge in [0.2, 0.25) is 15.9 Å². The van der Waals surface area contributed by atoms with Crippen molar-refractivity contribution < 1.29 is 22.0 Å². The minimum Gasteiger partial charge on any atom is -0.467 e. The molecule has 0 saturated heterocycles. The van der Waals surface area contributed by atoms with Crippen LogP contribution in [-0.2, 0) is 27.9 Å². The zero-order chi connectivity index (χ0) is 25.0. The van der Waals surface area contributed by atoms with E-state index in [1.807, 2.05) is 19.1 Å². The second-order valence-corrected chi connectivity index (χ2v) is 10.7. The highest BCUT2D eigenvalue weighted by molar-refractivity contribution is 7.89. The quantitative estimate of drug-likeness (QED) is 0.428. The number of rotatable bonds is 9. The topological polar surface area (TPSA) is 70.8 Å². The van der Waals surface area contributed by atoms with Crippen molar-refractivity contribution in [3.05, 3.63) is 88.6 Å². The van der Waals surface area contributed by atoms with Crippen LogP contribution >= 0.6 is 0 Å². The molecule has 6 nitrogen and oxygen atoms in total. The number of halogens is 1. The molecular formula is C26H31FN2O4S. The lowest BCUT2D eigenvalue weighted by Crippen LogP contribution is -2.45. The summed E-state index contributed by atoms with van der Waals surface area (Å²) in [5.41, 5.74) is 3.00. The lowest BCUT2D eigenvalue weighted by Gasteiger charge is -2.30. The van der Waals surface area contributed by atoms with Crippen LogP contribution in [0, 0.1) is 26.6 Å². The summed E-state index contributed by atoms with van der Waals surface area (Å²) in [6.45, 7) is 8.99.